The molecule has 0 saturated heterocycles. The van der Waals surface area contributed by atoms with Crippen molar-refractivity contribution >= 4 is 27.1 Å². The van der Waals surface area contributed by atoms with Crippen LogP contribution in [0, 0.1) is 0 Å². The molecule has 1 aliphatic heterocycles. The van der Waals surface area contributed by atoms with E-state index in [1.807, 2.05) is 0 Å². The molecule has 2 aromatic heterocycles. The van der Waals surface area contributed by atoms with Crippen molar-refractivity contribution in [3.8, 4) is 22.6 Å². The number of pyridine rings is 1. The highest BCUT2D eigenvalue weighted by Gasteiger charge is 2.44. The number of rotatable bonds is 4. The first-order valence-electron chi connectivity index (χ1n) is 9.54. The van der Waals surface area contributed by atoms with Crippen LogP contribution in [0.25, 0.3) is 11.1 Å². The summed E-state index contributed by atoms with van der Waals surface area (Å²) in [6.45, 7) is 1.30. The normalized spacial score (nSPS) is 15.5. The van der Waals surface area contributed by atoms with E-state index >= 15 is 0 Å². The summed E-state index contributed by atoms with van der Waals surface area (Å²) >= 11 is 0.0825. The number of carbonyl (C=O) groups is 1. The molecule has 1 amide bonds. The Balaban J connectivity index is 1.84. The molecule has 1 aromatic carbocycles. The van der Waals surface area contributed by atoms with Gasteiger partial charge in [0.25, 0.3) is 5.91 Å². The number of alkyl halides is 5. The molecule has 0 radical (unpaired) electrons. The van der Waals surface area contributed by atoms with Crippen molar-refractivity contribution in [1.29, 1.82) is 0 Å². The Labute approximate surface area is 197 Å². The van der Waals surface area contributed by atoms with Gasteiger partial charge in [-0.25, -0.2) is 18.1 Å². The average Bonchev–Trinajstić information content (AvgIpc) is 3.30. The van der Waals surface area contributed by atoms with Gasteiger partial charge in [0.05, 0.1) is 10.6 Å². The Morgan fingerprint density at radius 2 is 1.97 bits per heavy atom. The van der Waals surface area contributed by atoms with E-state index in [1.54, 1.807) is 0 Å². The second-order valence-corrected chi connectivity index (χ2v) is 10.2. The Morgan fingerprint density at radius 3 is 2.60 bits per heavy atom. The van der Waals surface area contributed by atoms with Gasteiger partial charge in [0, 0.05) is 24.4 Å². The van der Waals surface area contributed by atoms with Crippen LogP contribution in [0.15, 0.2) is 40.4 Å². The third-order valence-corrected chi connectivity index (χ3v) is 7.44. The summed E-state index contributed by atoms with van der Waals surface area (Å²) in [6, 6.07) is 4.96. The molecule has 16 heteroatoms. The fraction of sp³-hybridized carbons (Fsp3) is 0.263. The number of para-hydroxylation sites is 1. The van der Waals surface area contributed by atoms with Crippen molar-refractivity contribution in [3.63, 3.8) is 0 Å². The van der Waals surface area contributed by atoms with Gasteiger partial charge in [-0.15, -0.1) is 8.78 Å². The van der Waals surface area contributed by atoms with Gasteiger partial charge in [0.15, 0.2) is 21.3 Å². The molecule has 35 heavy (non-hydrogen) atoms. The van der Waals surface area contributed by atoms with Gasteiger partial charge in [-0.3, -0.25) is 4.79 Å². The minimum Gasteiger partial charge on any atom is -0.395 e. The van der Waals surface area contributed by atoms with Crippen LogP contribution >= 0.6 is 11.3 Å². The number of carbonyl (C=O) groups excluding carboxylic acids is 1. The number of fused-ring (bicyclic) bond motifs is 1. The Hall–Kier alpha value is -3.40. The SMILES string of the molecule is CCS(=O)(=O)c1cc(-c2cccc3c2OC(F)(F)O3)cnc1C(=O)N=c1sc(C(F)(F)F)nn1C. The maximum absolute atomic E-state index is 13.6. The zero-order valence-corrected chi connectivity index (χ0v) is 19.3. The second kappa shape index (κ2) is 8.37. The monoisotopic (exact) mass is 536 g/mol. The van der Waals surface area contributed by atoms with Gasteiger partial charge < -0.3 is 9.47 Å². The highest BCUT2D eigenvalue weighted by molar-refractivity contribution is 7.91. The van der Waals surface area contributed by atoms with Gasteiger partial charge in [0.2, 0.25) is 9.81 Å². The largest absolute Gasteiger partial charge is 0.586 e. The van der Waals surface area contributed by atoms with E-state index in [9.17, 15) is 35.2 Å². The van der Waals surface area contributed by atoms with Crippen molar-refractivity contribution in [2.45, 2.75) is 24.3 Å². The third kappa shape index (κ3) is 4.75. The molecule has 0 N–H and O–H groups in total. The number of nitrogens with zero attached hydrogens (tertiary/aromatic N) is 4. The lowest BCUT2D eigenvalue weighted by molar-refractivity contribution is -0.286. The molecule has 0 saturated carbocycles. The van der Waals surface area contributed by atoms with Crippen LogP contribution in [0.2, 0.25) is 0 Å². The van der Waals surface area contributed by atoms with Crippen LogP contribution in [-0.2, 0) is 23.1 Å². The molecular weight excluding hydrogens is 523 g/mol. The number of aromatic nitrogens is 3. The van der Waals surface area contributed by atoms with Crippen LogP contribution in [0.5, 0.6) is 11.5 Å². The predicted molar refractivity (Wildman–Crippen MR) is 110 cm³/mol. The number of aryl methyl sites for hydroxylation is 1. The molecular formula is C19H13F5N4O5S2. The van der Waals surface area contributed by atoms with E-state index in [-0.39, 0.29) is 34.0 Å². The molecule has 0 bridgehead atoms. The quantitative estimate of drug-likeness (QED) is 0.470. The number of sulfone groups is 1. The predicted octanol–water partition coefficient (Wildman–Crippen LogP) is 3.42. The number of halogens is 5. The lowest BCUT2D eigenvalue weighted by atomic mass is 10.1. The molecule has 186 valence electrons. The molecule has 3 heterocycles. The van der Waals surface area contributed by atoms with Crippen molar-refractivity contribution in [2.24, 2.45) is 12.0 Å². The summed E-state index contributed by atoms with van der Waals surface area (Å²) in [5, 5.41) is 2.00. The van der Waals surface area contributed by atoms with Crippen molar-refractivity contribution in [3.05, 3.63) is 46.0 Å². The van der Waals surface area contributed by atoms with Gasteiger partial charge >= 0.3 is 12.5 Å². The van der Waals surface area contributed by atoms with E-state index < -0.39 is 54.4 Å². The van der Waals surface area contributed by atoms with Gasteiger partial charge in [-0.05, 0) is 12.1 Å². The van der Waals surface area contributed by atoms with Crippen LogP contribution in [0.4, 0.5) is 22.0 Å². The van der Waals surface area contributed by atoms with Crippen LogP contribution in [0.3, 0.4) is 0 Å². The summed E-state index contributed by atoms with van der Waals surface area (Å²) in [6.07, 6.45) is -7.67. The fourth-order valence-corrected chi connectivity index (χ4v) is 4.85. The molecule has 0 spiro atoms. The lowest BCUT2D eigenvalue weighted by Crippen LogP contribution is -2.26. The van der Waals surface area contributed by atoms with E-state index in [0.717, 1.165) is 24.0 Å². The first kappa shape index (κ1) is 24.7. The Morgan fingerprint density at radius 1 is 1.26 bits per heavy atom. The summed E-state index contributed by atoms with van der Waals surface area (Å²) < 4.78 is 101. The summed E-state index contributed by atoms with van der Waals surface area (Å²) in [5.41, 5.74) is -0.638. The standard InChI is InChI=1S/C19H13F5N4O5S2/c1-3-35(30,31)12-7-9(10-5-4-6-11-14(10)33-19(23,24)32-11)8-25-13(12)15(29)26-17-28(2)27-16(34-17)18(20,21)22/h4-8H,3H2,1-2H3. The summed E-state index contributed by atoms with van der Waals surface area (Å²) in [4.78, 5) is 19.2. The van der Waals surface area contributed by atoms with Crippen LogP contribution in [-0.4, -0.2) is 41.1 Å². The van der Waals surface area contributed by atoms with Gasteiger partial charge in [-0.1, -0.05) is 30.4 Å². The van der Waals surface area contributed by atoms with Gasteiger partial charge in [-0.2, -0.15) is 23.3 Å². The lowest BCUT2D eigenvalue weighted by Gasteiger charge is -2.11. The molecule has 0 aliphatic carbocycles. The molecule has 0 unspecified atom stereocenters. The van der Waals surface area contributed by atoms with E-state index in [1.165, 1.54) is 25.1 Å². The molecule has 1 aliphatic rings. The topological polar surface area (TPSA) is 113 Å². The van der Waals surface area contributed by atoms with E-state index in [0.29, 0.717) is 0 Å². The number of ether oxygens (including phenoxy) is 2. The van der Waals surface area contributed by atoms with Crippen molar-refractivity contribution in [2.75, 3.05) is 5.75 Å². The minimum atomic E-state index is -4.77. The number of benzene rings is 1. The van der Waals surface area contributed by atoms with Gasteiger partial charge in [0.1, 0.15) is 5.69 Å². The minimum absolute atomic E-state index is 0.00873. The van der Waals surface area contributed by atoms with Crippen molar-refractivity contribution < 1.29 is 44.6 Å². The molecule has 9 nitrogen and oxygen atoms in total. The summed E-state index contributed by atoms with van der Waals surface area (Å²) in [5.74, 6) is -2.35. The fourth-order valence-electron chi connectivity index (χ4n) is 3.04. The highest BCUT2D eigenvalue weighted by atomic mass is 32.2. The summed E-state index contributed by atoms with van der Waals surface area (Å²) in [7, 11) is -2.99. The average molecular weight is 536 g/mol. The van der Waals surface area contributed by atoms with Crippen LogP contribution in [0.1, 0.15) is 22.4 Å². The zero-order chi connectivity index (χ0) is 25.8. The maximum atomic E-state index is 13.6. The zero-order valence-electron chi connectivity index (χ0n) is 17.6. The van der Waals surface area contributed by atoms with Crippen LogP contribution < -0.4 is 14.3 Å². The second-order valence-electron chi connectivity index (χ2n) is 7.00. The highest BCUT2D eigenvalue weighted by Crippen LogP contribution is 2.47. The smallest absolute Gasteiger partial charge is 0.395 e. The number of hydrogen-bond acceptors (Lipinski definition) is 8. The van der Waals surface area contributed by atoms with E-state index in [2.05, 4.69) is 24.5 Å². The Kier molecular flexibility index (Phi) is 5.91. The molecule has 0 atom stereocenters. The number of amides is 1. The van der Waals surface area contributed by atoms with Crippen molar-refractivity contribution in [1.82, 2.24) is 14.8 Å². The van der Waals surface area contributed by atoms with E-state index in [4.69, 9.17) is 0 Å². The third-order valence-electron chi connectivity index (χ3n) is 4.66. The number of hydrogen-bond donors (Lipinski definition) is 0. The maximum Gasteiger partial charge on any atom is 0.586 e. The Bertz CT molecular complexity index is 1510. The molecule has 4 rings (SSSR count). The first-order valence-corrected chi connectivity index (χ1v) is 12.0. The first-order chi connectivity index (χ1) is 16.2. The molecule has 3 aromatic rings. The molecule has 0 fully saturated rings.